The van der Waals surface area contributed by atoms with Crippen LogP contribution < -0.4 is 11.1 Å². The molecule has 0 bridgehead atoms. The second-order valence-corrected chi connectivity index (χ2v) is 4.52. The van der Waals surface area contributed by atoms with Gasteiger partial charge in [-0.15, -0.1) is 0 Å². The fourth-order valence-electron chi connectivity index (χ4n) is 2.12. The Bertz CT molecular complexity index is 758. The van der Waals surface area contributed by atoms with Crippen molar-refractivity contribution in [3.63, 3.8) is 0 Å². The van der Waals surface area contributed by atoms with E-state index in [2.05, 4.69) is 15.3 Å². The van der Waals surface area contributed by atoms with Crippen LogP contribution in [-0.2, 0) is 6.54 Å². The summed E-state index contributed by atoms with van der Waals surface area (Å²) in [6, 6.07) is 11.4. The van der Waals surface area contributed by atoms with Gasteiger partial charge >= 0.3 is 0 Å². The number of hydrogen-bond donors (Lipinski definition) is 3. The molecule has 3 rings (SSSR count). The monoisotopic (exact) mass is 266 g/mol. The lowest BCUT2D eigenvalue weighted by atomic mass is 10.1. The normalized spacial score (nSPS) is 10.6. The van der Waals surface area contributed by atoms with E-state index >= 15 is 0 Å². The summed E-state index contributed by atoms with van der Waals surface area (Å²) in [7, 11) is 0. The summed E-state index contributed by atoms with van der Waals surface area (Å²) >= 11 is 0. The molecule has 0 saturated carbocycles. The predicted molar refractivity (Wildman–Crippen MR) is 78.1 cm³/mol. The van der Waals surface area contributed by atoms with Crippen molar-refractivity contribution in [1.82, 2.24) is 15.3 Å². The second kappa shape index (κ2) is 5.05. The number of nitrogen functional groups attached to an aromatic ring is 1. The molecule has 3 aromatic rings. The van der Waals surface area contributed by atoms with Crippen molar-refractivity contribution < 1.29 is 4.79 Å². The Morgan fingerprint density at radius 3 is 2.95 bits per heavy atom. The number of H-pyrrole nitrogens is 1. The minimum atomic E-state index is -0.186. The number of nitrogens with one attached hydrogen (secondary N) is 2. The van der Waals surface area contributed by atoms with Crippen LogP contribution in [0, 0.1) is 0 Å². The Morgan fingerprint density at radius 2 is 2.15 bits per heavy atom. The molecule has 100 valence electrons. The van der Waals surface area contributed by atoms with Crippen LogP contribution in [-0.4, -0.2) is 15.9 Å². The number of aromatic amines is 1. The molecule has 0 fully saturated rings. The van der Waals surface area contributed by atoms with Gasteiger partial charge in [0.1, 0.15) is 5.69 Å². The molecule has 1 aromatic carbocycles. The average Bonchev–Trinajstić information content (AvgIpc) is 2.91. The number of nitrogens with zero attached hydrogens (tertiary/aromatic N) is 1. The van der Waals surface area contributed by atoms with Crippen LogP contribution in [0.5, 0.6) is 0 Å². The maximum atomic E-state index is 11.9. The van der Waals surface area contributed by atoms with E-state index in [0.717, 1.165) is 16.5 Å². The lowest BCUT2D eigenvalue weighted by Gasteiger charge is -2.07. The number of benzene rings is 1. The number of pyridine rings is 1. The zero-order chi connectivity index (χ0) is 13.9. The maximum absolute atomic E-state index is 11.9. The SMILES string of the molecule is Nc1c[nH]c(C(=O)NCc2cccc3cccnc23)c1. The van der Waals surface area contributed by atoms with Crippen LogP contribution in [0.4, 0.5) is 5.69 Å². The molecule has 5 nitrogen and oxygen atoms in total. The standard InChI is InChI=1S/C15H14N4O/c16-12-7-13(18-9-12)15(20)19-8-11-4-1-3-10-5-2-6-17-14(10)11/h1-7,9,18H,8,16H2,(H,19,20). The third kappa shape index (κ3) is 2.33. The minimum Gasteiger partial charge on any atom is -0.397 e. The number of fused-ring (bicyclic) bond motifs is 1. The molecular weight excluding hydrogens is 252 g/mol. The van der Waals surface area contributed by atoms with Crippen LogP contribution in [0.3, 0.4) is 0 Å². The van der Waals surface area contributed by atoms with Crippen molar-refractivity contribution in [3.8, 4) is 0 Å². The second-order valence-electron chi connectivity index (χ2n) is 4.52. The number of carbonyl (C=O) groups excluding carboxylic acids is 1. The summed E-state index contributed by atoms with van der Waals surface area (Å²) in [5.74, 6) is -0.186. The quantitative estimate of drug-likeness (QED) is 0.678. The van der Waals surface area contributed by atoms with Crippen molar-refractivity contribution in [2.45, 2.75) is 6.54 Å². The van der Waals surface area contributed by atoms with Crippen molar-refractivity contribution in [1.29, 1.82) is 0 Å². The highest BCUT2D eigenvalue weighted by Crippen LogP contribution is 2.15. The molecule has 20 heavy (non-hydrogen) atoms. The van der Waals surface area contributed by atoms with Gasteiger partial charge in [-0.2, -0.15) is 0 Å². The summed E-state index contributed by atoms with van der Waals surface area (Å²) < 4.78 is 0. The minimum absolute atomic E-state index is 0.186. The first kappa shape index (κ1) is 12.2. The fourth-order valence-corrected chi connectivity index (χ4v) is 2.12. The number of para-hydroxylation sites is 1. The van der Waals surface area contributed by atoms with Crippen LogP contribution in [0.2, 0.25) is 0 Å². The zero-order valence-corrected chi connectivity index (χ0v) is 10.8. The van der Waals surface area contributed by atoms with Gasteiger partial charge in [0.15, 0.2) is 0 Å². The summed E-state index contributed by atoms with van der Waals surface area (Å²) in [6.45, 7) is 0.423. The van der Waals surface area contributed by atoms with Crippen LogP contribution in [0.25, 0.3) is 10.9 Å². The van der Waals surface area contributed by atoms with E-state index in [4.69, 9.17) is 5.73 Å². The smallest absolute Gasteiger partial charge is 0.268 e. The first-order valence-corrected chi connectivity index (χ1v) is 6.29. The number of rotatable bonds is 3. The number of anilines is 1. The molecule has 0 radical (unpaired) electrons. The molecule has 0 aliphatic heterocycles. The Labute approximate surface area is 115 Å². The van der Waals surface area contributed by atoms with Crippen molar-refractivity contribution >= 4 is 22.5 Å². The molecule has 0 saturated heterocycles. The zero-order valence-electron chi connectivity index (χ0n) is 10.8. The predicted octanol–water partition coefficient (Wildman–Crippen LogP) is 2.08. The number of amides is 1. The number of aromatic nitrogens is 2. The summed E-state index contributed by atoms with van der Waals surface area (Å²) in [5, 5.41) is 3.91. The Balaban J connectivity index is 1.79. The van der Waals surface area contributed by atoms with E-state index in [1.54, 1.807) is 18.5 Å². The van der Waals surface area contributed by atoms with Crippen molar-refractivity contribution in [2.24, 2.45) is 0 Å². The van der Waals surface area contributed by atoms with Gasteiger partial charge in [-0.05, 0) is 17.7 Å². The number of carbonyl (C=O) groups is 1. The van der Waals surface area contributed by atoms with Crippen molar-refractivity contribution in [3.05, 3.63) is 60.0 Å². The molecule has 0 aliphatic rings. The van der Waals surface area contributed by atoms with Crippen LogP contribution in [0.15, 0.2) is 48.8 Å². The maximum Gasteiger partial charge on any atom is 0.268 e. The van der Waals surface area contributed by atoms with Gasteiger partial charge in [-0.3, -0.25) is 9.78 Å². The average molecular weight is 266 g/mol. The molecule has 1 amide bonds. The van der Waals surface area contributed by atoms with Gasteiger partial charge in [0.05, 0.1) is 5.52 Å². The molecule has 2 aromatic heterocycles. The first-order valence-electron chi connectivity index (χ1n) is 6.29. The highest BCUT2D eigenvalue weighted by Gasteiger charge is 2.08. The molecule has 0 atom stereocenters. The van der Waals surface area contributed by atoms with E-state index in [9.17, 15) is 4.79 Å². The van der Waals surface area contributed by atoms with Gasteiger partial charge in [0, 0.05) is 30.0 Å². The first-order chi connectivity index (χ1) is 9.74. The lowest BCUT2D eigenvalue weighted by molar-refractivity contribution is 0.0946. The third-order valence-electron chi connectivity index (χ3n) is 3.11. The van der Waals surface area contributed by atoms with Gasteiger partial charge < -0.3 is 16.0 Å². The topological polar surface area (TPSA) is 83.8 Å². The summed E-state index contributed by atoms with van der Waals surface area (Å²) in [5.41, 5.74) is 8.46. The number of hydrogen-bond acceptors (Lipinski definition) is 3. The molecule has 4 N–H and O–H groups in total. The Hall–Kier alpha value is -2.82. The molecule has 0 aliphatic carbocycles. The molecule has 0 spiro atoms. The largest absolute Gasteiger partial charge is 0.397 e. The highest BCUT2D eigenvalue weighted by atomic mass is 16.1. The molecular formula is C15H14N4O. The fraction of sp³-hybridized carbons (Fsp3) is 0.0667. The molecule has 5 heteroatoms. The Kier molecular flexibility index (Phi) is 3.09. The van der Waals surface area contributed by atoms with Gasteiger partial charge in [0.25, 0.3) is 5.91 Å². The van der Waals surface area contributed by atoms with Crippen molar-refractivity contribution in [2.75, 3.05) is 5.73 Å². The van der Waals surface area contributed by atoms with E-state index in [1.807, 2.05) is 30.3 Å². The van der Waals surface area contributed by atoms with E-state index in [0.29, 0.717) is 17.9 Å². The van der Waals surface area contributed by atoms with Crippen LogP contribution >= 0.6 is 0 Å². The van der Waals surface area contributed by atoms with E-state index in [-0.39, 0.29) is 5.91 Å². The van der Waals surface area contributed by atoms with Gasteiger partial charge in [-0.25, -0.2) is 0 Å². The van der Waals surface area contributed by atoms with Crippen LogP contribution in [0.1, 0.15) is 16.1 Å². The number of nitrogens with two attached hydrogens (primary N) is 1. The van der Waals surface area contributed by atoms with Gasteiger partial charge in [-0.1, -0.05) is 24.3 Å². The lowest BCUT2D eigenvalue weighted by Crippen LogP contribution is -2.23. The van der Waals surface area contributed by atoms with E-state index < -0.39 is 0 Å². The molecule has 2 heterocycles. The highest BCUT2D eigenvalue weighted by molar-refractivity contribution is 5.93. The Morgan fingerprint density at radius 1 is 1.30 bits per heavy atom. The third-order valence-corrected chi connectivity index (χ3v) is 3.11. The summed E-state index contributed by atoms with van der Waals surface area (Å²) in [4.78, 5) is 19.1. The van der Waals surface area contributed by atoms with E-state index in [1.165, 1.54) is 0 Å². The molecule has 0 unspecified atom stereocenters. The summed E-state index contributed by atoms with van der Waals surface area (Å²) in [6.07, 6.45) is 3.34. The van der Waals surface area contributed by atoms with Gasteiger partial charge in [0.2, 0.25) is 0 Å².